The van der Waals surface area contributed by atoms with Gasteiger partial charge in [-0.1, -0.05) is 36.4 Å². The molecule has 28 heavy (non-hydrogen) atoms. The van der Waals surface area contributed by atoms with Gasteiger partial charge in [0.25, 0.3) is 4.84 Å². The Labute approximate surface area is 168 Å². The number of aryl methyl sites for hydroxylation is 1. The minimum Gasteiger partial charge on any atom is -0.409 e. The van der Waals surface area contributed by atoms with Gasteiger partial charge in [0.2, 0.25) is 5.89 Å². The van der Waals surface area contributed by atoms with Crippen molar-refractivity contribution in [3.63, 3.8) is 0 Å². The van der Waals surface area contributed by atoms with Gasteiger partial charge >= 0.3 is 0 Å². The first-order valence-electron chi connectivity index (χ1n) is 9.01. The summed E-state index contributed by atoms with van der Waals surface area (Å²) in [5.41, 5.74) is 4.21. The van der Waals surface area contributed by atoms with Crippen molar-refractivity contribution >= 4 is 12.2 Å². The molecule has 0 N–H and O–H groups in total. The predicted octanol–water partition coefficient (Wildman–Crippen LogP) is 4.46. The normalized spacial score (nSPS) is 11.2. The zero-order valence-corrected chi connectivity index (χ0v) is 16.6. The minimum absolute atomic E-state index is 0.366. The van der Waals surface area contributed by atoms with Crippen molar-refractivity contribution in [2.24, 2.45) is 0 Å². The lowest BCUT2D eigenvalue weighted by Crippen LogP contribution is -2.22. The average molecular weight is 392 g/mol. The van der Waals surface area contributed by atoms with Crippen LogP contribution in [0, 0.1) is 11.8 Å². The Bertz CT molecular complexity index is 1130. The Kier molecular flexibility index (Phi) is 5.18. The molecule has 0 spiro atoms. The van der Waals surface area contributed by atoms with Gasteiger partial charge in [0.15, 0.2) is 0 Å². The fourth-order valence-corrected chi connectivity index (χ4v) is 3.25. The zero-order valence-electron chi connectivity index (χ0n) is 15.8. The van der Waals surface area contributed by atoms with Gasteiger partial charge in [-0.15, -0.1) is 5.10 Å². The van der Waals surface area contributed by atoms with E-state index in [1.807, 2.05) is 85.6 Å². The van der Waals surface area contributed by atoms with Crippen LogP contribution >= 0.6 is 12.2 Å². The Morgan fingerprint density at radius 1 is 1.07 bits per heavy atom. The Morgan fingerprint density at radius 2 is 1.82 bits per heavy atom. The number of benzene rings is 2. The highest BCUT2D eigenvalue weighted by atomic mass is 32.1. The first-order chi connectivity index (χ1) is 13.6. The molecule has 0 radical (unpaired) electrons. The lowest BCUT2D eigenvalue weighted by Gasteiger charge is -2.14. The number of rotatable bonds is 6. The van der Waals surface area contributed by atoms with Gasteiger partial charge in [0.05, 0.1) is 18.6 Å². The van der Waals surface area contributed by atoms with E-state index >= 15 is 0 Å². The SMILES string of the molecule is Cc1ccccc1-c1nn(CN(C)Cc2cnn(-c3ccccc3)c2)c(=S)o1. The summed E-state index contributed by atoms with van der Waals surface area (Å²) in [5.74, 6) is 0.549. The second kappa shape index (κ2) is 7.92. The molecule has 7 heteroatoms. The van der Waals surface area contributed by atoms with Gasteiger partial charge in [-0.25, -0.2) is 9.36 Å². The van der Waals surface area contributed by atoms with Gasteiger partial charge in [0, 0.05) is 23.9 Å². The maximum Gasteiger partial charge on any atom is 0.288 e. The summed E-state index contributed by atoms with van der Waals surface area (Å²) in [7, 11) is 2.02. The molecule has 2 aromatic heterocycles. The molecule has 0 aliphatic carbocycles. The van der Waals surface area contributed by atoms with Crippen LogP contribution < -0.4 is 0 Å². The smallest absolute Gasteiger partial charge is 0.288 e. The molecule has 0 aliphatic heterocycles. The third kappa shape index (κ3) is 3.95. The van der Waals surface area contributed by atoms with E-state index in [9.17, 15) is 0 Å². The monoisotopic (exact) mass is 391 g/mol. The third-order valence-corrected chi connectivity index (χ3v) is 4.76. The van der Waals surface area contributed by atoms with Crippen LogP contribution in [0.15, 0.2) is 71.4 Å². The molecule has 0 saturated carbocycles. The molecule has 0 aliphatic rings. The molecule has 0 atom stereocenters. The predicted molar refractivity (Wildman–Crippen MR) is 111 cm³/mol. The lowest BCUT2D eigenvalue weighted by atomic mass is 10.1. The van der Waals surface area contributed by atoms with E-state index in [2.05, 4.69) is 15.1 Å². The molecular weight excluding hydrogens is 370 g/mol. The molecule has 0 bridgehead atoms. The topological polar surface area (TPSA) is 52.0 Å². The average Bonchev–Trinajstić information content (AvgIpc) is 3.30. The molecule has 0 fully saturated rings. The Balaban J connectivity index is 1.46. The second-order valence-corrected chi connectivity index (χ2v) is 7.12. The van der Waals surface area contributed by atoms with E-state index in [4.69, 9.17) is 16.6 Å². The van der Waals surface area contributed by atoms with Gasteiger partial charge in [-0.05, 0) is 50.0 Å². The molecule has 0 saturated heterocycles. The van der Waals surface area contributed by atoms with E-state index in [1.54, 1.807) is 4.68 Å². The van der Waals surface area contributed by atoms with E-state index in [0.717, 1.165) is 28.9 Å². The number of hydrogen-bond donors (Lipinski definition) is 0. The maximum atomic E-state index is 5.72. The lowest BCUT2D eigenvalue weighted by molar-refractivity contribution is 0.240. The number of aromatic nitrogens is 4. The van der Waals surface area contributed by atoms with Crippen molar-refractivity contribution in [2.75, 3.05) is 7.05 Å². The number of nitrogens with zero attached hydrogens (tertiary/aromatic N) is 5. The summed E-state index contributed by atoms with van der Waals surface area (Å²) in [6, 6.07) is 18.0. The molecule has 142 valence electrons. The van der Waals surface area contributed by atoms with Crippen molar-refractivity contribution in [1.29, 1.82) is 0 Å². The van der Waals surface area contributed by atoms with Crippen molar-refractivity contribution in [3.05, 3.63) is 83.0 Å². The second-order valence-electron chi connectivity index (χ2n) is 6.77. The molecule has 6 nitrogen and oxygen atoms in total. The minimum atomic E-state index is 0.366. The van der Waals surface area contributed by atoms with Gasteiger partial charge in [-0.3, -0.25) is 4.90 Å². The Morgan fingerprint density at radius 3 is 2.61 bits per heavy atom. The molecule has 2 heterocycles. The van der Waals surface area contributed by atoms with Crippen LogP contribution in [0.5, 0.6) is 0 Å². The molecule has 0 amide bonds. The van der Waals surface area contributed by atoms with E-state index < -0.39 is 0 Å². The summed E-state index contributed by atoms with van der Waals surface area (Å²) in [4.78, 5) is 2.48. The Hall–Kier alpha value is -3.03. The summed E-state index contributed by atoms with van der Waals surface area (Å²) in [5, 5.41) is 9.00. The highest BCUT2D eigenvalue weighted by Gasteiger charge is 2.12. The van der Waals surface area contributed by atoms with Crippen LogP contribution in [0.25, 0.3) is 17.1 Å². The molecular formula is C21H21N5OS. The quantitative estimate of drug-likeness (QED) is 0.454. The zero-order chi connectivity index (χ0) is 19.5. The van der Waals surface area contributed by atoms with Crippen LogP contribution in [0.1, 0.15) is 11.1 Å². The van der Waals surface area contributed by atoms with Crippen LogP contribution in [-0.2, 0) is 13.2 Å². The highest BCUT2D eigenvalue weighted by Crippen LogP contribution is 2.21. The fraction of sp³-hybridized carbons (Fsp3) is 0.190. The van der Waals surface area contributed by atoms with Crippen LogP contribution in [-0.4, -0.2) is 31.5 Å². The maximum absolute atomic E-state index is 5.72. The molecule has 0 unspecified atom stereocenters. The summed E-state index contributed by atoms with van der Waals surface area (Å²) in [6.45, 7) is 3.29. The summed E-state index contributed by atoms with van der Waals surface area (Å²) >= 11 is 5.36. The van der Waals surface area contributed by atoms with Gasteiger partial charge in [-0.2, -0.15) is 5.10 Å². The number of para-hydroxylation sites is 1. The van der Waals surface area contributed by atoms with Gasteiger partial charge < -0.3 is 4.42 Å². The van der Waals surface area contributed by atoms with Crippen molar-refractivity contribution < 1.29 is 4.42 Å². The van der Waals surface area contributed by atoms with Crippen LogP contribution in [0.4, 0.5) is 0 Å². The van der Waals surface area contributed by atoms with E-state index in [0.29, 0.717) is 17.4 Å². The fourth-order valence-electron chi connectivity index (χ4n) is 3.07. The standard InChI is InChI=1S/C21H21N5OS/c1-16-8-6-7-11-19(16)20-23-26(21(28)27-20)15-24(2)13-17-12-22-25(14-17)18-9-4-3-5-10-18/h3-12,14H,13,15H2,1-2H3. The highest BCUT2D eigenvalue weighted by molar-refractivity contribution is 7.71. The van der Waals surface area contributed by atoms with Crippen molar-refractivity contribution in [3.8, 4) is 17.1 Å². The van der Waals surface area contributed by atoms with E-state index in [1.165, 1.54) is 0 Å². The summed E-state index contributed by atoms with van der Waals surface area (Å²) < 4.78 is 9.30. The third-order valence-electron chi connectivity index (χ3n) is 4.47. The molecule has 4 aromatic rings. The largest absolute Gasteiger partial charge is 0.409 e. The van der Waals surface area contributed by atoms with Crippen molar-refractivity contribution in [1.82, 2.24) is 24.5 Å². The summed E-state index contributed by atoms with van der Waals surface area (Å²) in [6.07, 6.45) is 3.91. The van der Waals surface area contributed by atoms with Gasteiger partial charge in [0.1, 0.15) is 0 Å². The number of hydrogen-bond acceptors (Lipinski definition) is 5. The first-order valence-corrected chi connectivity index (χ1v) is 9.42. The first kappa shape index (κ1) is 18.3. The molecule has 4 rings (SSSR count). The van der Waals surface area contributed by atoms with Crippen LogP contribution in [0.3, 0.4) is 0 Å². The van der Waals surface area contributed by atoms with Crippen molar-refractivity contribution in [2.45, 2.75) is 20.1 Å². The molecule has 2 aromatic carbocycles. The van der Waals surface area contributed by atoms with Crippen LogP contribution in [0.2, 0.25) is 0 Å². The van der Waals surface area contributed by atoms with E-state index in [-0.39, 0.29) is 0 Å².